The van der Waals surface area contributed by atoms with Gasteiger partial charge in [-0.2, -0.15) is 4.98 Å². The maximum absolute atomic E-state index is 10.5. The van der Waals surface area contributed by atoms with Gasteiger partial charge in [0, 0.05) is 23.8 Å². The lowest BCUT2D eigenvalue weighted by atomic mass is 9.94. The zero-order chi connectivity index (χ0) is 22.9. The molecule has 3 N–H and O–H groups in total. The van der Waals surface area contributed by atoms with Gasteiger partial charge in [-0.25, -0.2) is 4.98 Å². The number of hydrogen-bond acceptors (Lipinski definition) is 6. The van der Waals surface area contributed by atoms with Crippen molar-refractivity contribution in [2.75, 3.05) is 6.61 Å². The first kappa shape index (κ1) is 20.6. The van der Waals surface area contributed by atoms with Crippen molar-refractivity contribution in [3.8, 4) is 45.8 Å². The fourth-order valence-electron chi connectivity index (χ4n) is 4.06. The molecular weight excluding hydrogens is 416 g/mol. The number of benzene rings is 4. The molecule has 0 amide bonds. The van der Waals surface area contributed by atoms with Crippen LogP contribution in [0.4, 0.5) is 0 Å². The molecule has 0 atom stereocenters. The van der Waals surface area contributed by atoms with Gasteiger partial charge in [0.25, 0.3) is 0 Å². The van der Waals surface area contributed by atoms with Gasteiger partial charge in [-0.05, 0) is 34.0 Å². The first-order valence-electron chi connectivity index (χ1n) is 10.7. The normalized spacial score (nSPS) is 11.2. The number of ether oxygens (including phenoxy) is 1. The second kappa shape index (κ2) is 8.31. The van der Waals surface area contributed by atoms with Crippen molar-refractivity contribution in [2.24, 2.45) is 0 Å². The van der Waals surface area contributed by atoms with Crippen LogP contribution in [0.3, 0.4) is 0 Å². The minimum Gasteiger partial charge on any atom is -0.508 e. The summed E-state index contributed by atoms with van der Waals surface area (Å²) in [4.78, 5) is 9.18. The Morgan fingerprint density at radius 3 is 1.94 bits per heavy atom. The standard InChI is InChI=1S/C27H22N2O4/c1-2-11-33-24-15-21(28-27(29-24)26-22(31)13-18(30)14-23(26)32)25-19-9-5-3-7-16(19)12-17-8-4-6-10-20(17)25/h3-10,12-15,30-32H,2,11H2,1H3. The molecule has 0 unspecified atom stereocenters. The molecule has 4 aromatic carbocycles. The molecule has 0 aliphatic rings. The summed E-state index contributed by atoms with van der Waals surface area (Å²) >= 11 is 0. The number of hydrogen-bond donors (Lipinski definition) is 3. The van der Waals surface area contributed by atoms with E-state index >= 15 is 0 Å². The van der Waals surface area contributed by atoms with Crippen LogP contribution in [0.1, 0.15) is 13.3 Å². The lowest BCUT2D eigenvalue weighted by Crippen LogP contribution is -2.02. The Labute approximate surface area is 190 Å². The molecular formula is C27H22N2O4. The van der Waals surface area contributed by atoms with Gasteiger partial charge in [-0.15, -0.1) is 0 Å². The summed E-state index contributed by atoms with van der Waals surface area (Å²) in [5.74, 6) is -0.471. The Bertz CT molecular complexity index is 1420. The number of aromatic hydroxyl groups is 3. The third-order valence-electron chi connectivity index (χ3n) is 5.49. The number of nitrogens with zero attached hydrogens (tertiary/aromatic N) is 2. The van der Waals surface area contributed by atoms with E-state index in [1.165, 1.54) is 0 Å². The number of phenols is 3. The predicted octanol–water partition coefficient (Wildman–Crippen LogP) is 6.02. The topological polar surface area (TPSA) is 95.7 Å². The molecule has 0 spiro atoms. The van der Waals surface area contributed by atoms with Crippen LogP contribution >= 0.6 is 0 Å². The van der Waals surface area contributed by atoms with E-state index in [2.05, 4.69) is 23.2 Å². The molecule has 6 nitrogen and oxygen atoms in total. The van der Waals surface area contributed by atoms with E-state index in [0.717, 1.165) is 45.7 Å². The fraction of sp³-hybridized carbons (Fsp3) is 0.111. The van der Waals surface area contributed by atoms with E-state index < -0.39 is 0 Å². The molecule has 1 heterocycles. The van der Waals surface area contributed by atoms with Crippen LogP contribution in [0.15, 0.2) is 72.8 Å². The molecule has 164 valence electrons. The zero-order valence-corrected chi connectivity index (χ0v) is 18.0. The van der Waals surface area contributed by atoms with Gasteiger partial charge < -0.3 is 20.1 Å². The Kier molecular flexibility index (Phi) is 5.18. The van der Waals surface area contributed by atoms with E-state index in [1.807, 2.05) is 43.3 Å². The number of fused-ring (bicyclic) bond motifs is 2. The summed E-state index contributed by atoms with van der Waals surface area (Å²) in [6, 6.07) is 22.4. The molecule has 0 fully saturated rings. The van der Waals surface area contributed by atoms with Crippen molar-refractivity contribution < 1.29 is 20.1 Å². The van der Waals surface area contributed by atoms with Gasteiger partial charge in [0.05, 0.1) is 12.3 Å². The molecule has 0 saturated heterocycles. The minimum atomic E-state index is -0.325. The molecule has 33 heavy (non-hydrogen) atoms. The summed E-state index contributed by atoms with van der Waals surface area (Å²) in [7, 11) is 0. The van der Waals surface area contributed by atoms with E-state index in [0.29, 0.717) is 18.2 Å². The average Bonchev–Trinajstić information content (AvgIpc) is 2.80. The van der Waals surface area contributed by atoms with E-state index in [4.69, 9.17) is 9.72 Å². The van der Waals surface area contributed by atoms with Crippen molar-refractivity contribution in [1.82, 2.24) is 9.97 Å². The van der Waals surface area contributed by atoms with Gasteiger partial charge >= 0.3 is 0 Å². The average molecular weight is 438 g/mol. The molecule has 5 aromatic rings. The Morgan fingerprint density at radius 1 is 0.727 bits per heavy atom. The monoisotopic (exact) mass is 438 g/mol. The Morgan fingerprint density at radius 2 is 1.33 bits per heavy atom. The lowest BCUT2D eigenvalue weighted by molar-refractivity contribution is 0.305. The van der Waals surface area contributed by atoms with E-state index in [-0.39, 0.29) is 28.6 Å². The van der Waals surface area contributed by atoms with Crippen LogP contribution in [0.25, 0.3) is 44.2 Å². The van der Waals surface area contributed by atoms with Crippen LogP contribution in [0.5, 0.6) is 23.1 Å². The SMILES string of the molecule is CCCOc1cc(-c2c3ccccc3cc3ccccc23)nc(-c2c(O)cc(O)cc2O)n1. The molecule has 5 rings (SSSR count). The molecule has 0 bridgehead atoms. The van der Waals surface area contributed by atoms with E-state index in [9.17, 15) is 15.3 Å². The van der Waals surface area contributed by atoms with Crippen LogP contribution in [-0.2, 0) is 0 Å². The molecule has 0 radical (unpaired) electrons. The van der Waals surface area contributed by atoms with Crippen molar-refractivity contribution in [3.63, 3.8) is 0 Å². The zero-order valence-electron chi connectivity index (χ0n) is 18.0. The molecule has 6 heteroatoms. The Hall–Kier alpha value is -4.32. The highest BCUT2D eigenvalue weighted by Crippen LogP contribution is 2.41. The van der Waals surface area contributed by atoms with Gasteiger partial charge in [-0.3, -0.25) is 0 Å². The second-order valence-electron chi connectivity index (χ2n) is 7.82. The van der Waals surface area contributed by atoms with Crippen molar-refractivity contribution in [2.45, 2.75) is 13.3 Å². The maximum Gasteiger partial charge on any atom is 0.217 e. The number of phenolic OH excluding ortho intramolecular Hbond substituents is 3. The quantitative estimate of drug-likeness (QED) is 0.290. The fourth-order valence-corrected chi connectivity index (χ4v) is 4.06. The highest BCUT2D eigenvalue weighted by molar-refractivity contribution is 6.12. The number of aromatic nitrogens is 2. The predicted molar refractivity (Wildman–Crippen MR) is 129 cm³/mol. The molecule has 0 aliphatic heterocycles. The van der Waals surface area contributed by atoms with Gasteiger partial charge in [0.2, 0.25) is 5.88 Å². The summed E-state index contributed by atoms with van der Waals surface area (Å²) in [6.07, 6.45) is 0.793. The lowest BCUT2D eigenvalue weighted by Gasteiger charge is -2.15. The number of rotatable bonds is 5. The van der Waals surface area contributed by atoms with Gasteiger partial charge in [0.15, 0.2) is 5.82 Å². The van der Waals surface area contributed by atoms with Crippen LogP contribution < -0.4 is 4.74 Å². The maximum atomic E-state index is 10.5. The first-order valence-corrected chi connectivity index (χ1v) is 10.7. The Balaban J connectivity index is 1.84. The van der Waals surface area contributed by atoms with Crippen LogP contribution in [-0.4, -0.2) is 31.9 Å². The van der Waals surface area contributed by atoms with Crippen molar-refractivity contribution >= 4 is 21.5 Å². The third-order valence-corrected chi connectivity index (χ3v) is 5.49. The largest absolute Gasteiger partial charge is 0.508 e. The van der Waals surface area contributed by atoms with Crippen molar-refractivity contribution in [3.05, 3.63) is 72.8 Å². The minimum absolute atomic E-state index is 0.0283. The van der Waals surface area contributed by atoms with Gasteiger partial charge in [0.1, 0.15) is 22.8 Å². The van der Waals surface area contributed by atoms with E-state index in [1.54, 1.807) is 6.07 Å². The summed E-state index contributed by atoms with van der Waals surface area (Å²) < 4.78 is 5.84. The smallest absolute Gasteiger partial charge is 0.217 e. The second-order valence-corrected chi connectivity index (χ2v) is 7.82. The van der Waals surface area contributed by atoms with Gasteiger partial charge in [-0.1, -0.05) is 55.5 Å². The third kappa shape index (κ3) is 3.76. The van der Waals surface area contributed by atoms with Crippen molar-refractivity contribution in [1.29, 1.82) is 0 Å². The van der Waals surface area contributed by atoms with Crippen LogP contribution in [0, 0.1) is 0 Å². The molecule has 0 aliphatic carbocycles. The molecule has 0 saturated carbocycles. The highest BCUT2D eigenvalue weighted by atomic mass is 16.5. The highest BCUT2D eigenvalue weighted by Gasteiger charge is 2.20. The summed E-state index contributed by atoms with van der Waals surface area (Å²) in [6.45, 7) is 2.46. The summed E-state index contributed by atoms with van der Waals surface area (Å²) in [5, 5.41) is 34.8. The molecule has 1 aromatic heterocycles. The first-order chi connectivity index (χ1) is 16.0. The summed E-state index contributed by atoms with van der Waals surface area (Å²) in [5.41, 5.74) is 1.54. The van der Waals surface area contributed by atoms with Crippen LogP contribution in [0.2, 0.25) is 0 Å².